The molecule has 1 saturated heterocycles. The summed E-state index contributed by atoms with van der Waals surface area (Å²) in [4.78, 5) is 26.3. The van der Waals surface area contributed by atoms with Gasteiger partial charge in [-0.15, -0.1) is 0 Å². The standard InChI is InChI=1S/C20H20ClN3O4/c1-27-17-7-8-18(28-2)13(9-17)11-22-23-20(26)14-10-19(25)24(12-14)16-5-3-15(21)4-6-16/h3-9,11,14H,10,12H2,1-2H3,(H,23,26)/b22-11-/t14-/m1/s1. The Morgan fingerprint density at radius 2 is 1.96 bits per heavy atom. The summed E-state index contributed by atoms with van der Waals surface area (Å²) >= 11 is 5.88. The molecule has 1 aliphatic heterocycles. The van der Waals surface area contributed by atoms with Gasteiger partial charge in [-0.3, -0.25) is 9.59 Å². The molecule has 7 nitrogen and oxygen atoms in total. The first-order valence-corrected chi connectivity index (χ1v) is 9.00. The molecule has 0 unspecified atom stereocenters. The Bertz CT molecular complexity index is 899. The quantitative estimate of drug-likeness (QED) is 0.596. The van der Waals surface area contributed by atoms with Gasteiger partial charge in [-0.25, -0.2) is 5.43 Å². The zero-order valence-electron chi connectivity index (χ0n) is 15.5. The van der Waals surface area contributed by atoms with Gasteiger partial charge in [-0.1, -0.05) is 11.6 Å². The van der Waals surface area contributed by atoms with Crippen LogP contribution in [0.3, 0.4) is 0 Å². The van der Waals surface area contributed by atoms with Crippen LogP contribution in [0.1, 0.15) is 12.0 Å². The number of amides is 2. The van der Waals surface area contributed by atoms with Gasteiger partial charge in [-0.05, 0) is 42.5 Å². The van der Waals surface area contributed by atoms with E-state index in [0.29, 0.717) is 34.3 Å². The summed E-state index contributed by atoms with van der Waals surface area (Å²) in [5.74, 6) is 0.341. The highest BCUT2D eigenvalue weighted by Crippen LogP contribution is 2.26. The normalized spacial score (nSPS) is 16.5. The SMILES string of the molecule is COc1ccc(OC)c(/C=N\NC(=O)[C@@H]2CC(=O)N(c3ccc(Cl)cc3)C2)c1. The third-order valence-corrected chi connectivity index (χ3v) is 4.70. The number of nitrogens with zero attached hydrogens (tertiary/aromatic N) is 2. The van der Waals surface area contributed by atoms with Crippen LogP contribution in [-0.2, 0) is 9.59 Å². The number of rotatable bonds is 6. The molecular formula is C20H20ClN3O4. The highest BCUT2D eigenvalue weighted by atomic mass is 35.5. The predicted octanol–water partition coefficient (Wildman–Crippen LogP) is 2.86. The van der Waals surface area contributed by atoms with Crippen molar-refractivity contribution in [2.75, 3.05) is 25.7 Å². The fourth-order valence-electron chi connectivity index (χ4n) is 2.95. The lowest BCUT2D eigenvalue weighted by Crippen LogP contribution is -2.30. The molecule has 1 aliphatic rings. The van der Waals surface area contributed by atoms with Crippen LogP contribution in [0.2, 0.25) is 5.02 Å². The Kier molecular flexibility index (Phi) is 6.16. The molecule has 146 valence electrons. The average Bonchev–Trinajstić information content (AvgIpc) is 3.10. The van der Waals surface area contributed by atoms with Crippen molar-refractivity contribution in [1.82, 2.24) is 5.43 Å². The first kappa shape index (κ1) is 19.7. The summed E-state index contributed by atoms with van der Waals surface area (Å²) in [6.45, 7) is 0.296. The molecule has 0 bridgehead atoms. The maximum atomic E-state index is 12.4. The first-order valence-electron chi connectivity index (χ1n) is 8.62. The van der Waals surface area contributed by atoms with Crippen LogP contribution in [0.25, 0.3) is 0 Å². The van der Waals surface area contributed by atoms with E-state index in [-0.39, 0.29) is 18.2 Å². The fourth-order valence-corrected chi connectivity index (χ4v) is 3.08. The van der Waals surface area contributed by atoms with Gasteiger partial charge in [0.15, 0.2) is 0 Å². The molecule has 28 heavy (non-hydrogen) atoms. The number of methoxy groups -OCH3 is 2. The Labute approximate surface area is 167 Å². The highest BCUT2D eigenvalue weighted by molar-refractivity contribution is 6.30. The molecule has 3 rings (SSSR count). The molecule has 0 aromatic heterocycles. The van der Waals surface area contributed by atoms with Crippen LogP contribution in [0.5, 0.6) is 11.5 Å². The van der Waals surface area contributed by atoms with E-state index in [1.165, 1.54) is 6.21 Å². The Morgan fingerprint density at radius 3 is 2.64 bits per heavy atom. The van der Waals surface area contributed by atoms with E-state index in [4.69, 9.17) is 21.1 Å². The molecule has 1 N–H and O–H groups in total. The summed E-state index contributed by atoms with van der Waals surface area (Å²) < 4.78 is 10.4. The number of benzene rings is 2. The number of nitrogens with one attached hydrogen (secondary N) is 1. The van der Waals surface area contributed by atoms with Crippen molar-refractivity contribution in [3.05, 3.63) is 53.1 Å². The molecule has 2 aromatic carbocycles. The largest absolute Gasteiger partial charge is 0.497 e. The van der Waals surface area contributed by atoms with Gasteiger partial charge in [0.1, 0.15) is 11.5 Å². The van der Waals surface area contributed by atoms with Crippen molar-refractivity contribution in [2.24, 2.45) is 11.0 Å². The second-order valence-electron chi connectivity index (χ2n) is 6.22. The fraction of sp³-hybridized carbons (Fsp3) is 0.250. The number of hydrogen-bond acceptors (Lipinski definition) is 5. The van der Waals surface area contributed by atoms with Gasteiger partial charge in [0.25, 0.3) is 0 Å². The van der Waals surface area contributed by atoms with Crippen molar-refractivity contribution in [1.29, 1.82) is 0 Å². The van der Waals surface area contributed by atoms with Crippen LogP contribution in [0.15, 0.2) is 47.6 Å². The summed E-state index contributed by atoms with van der Waals surface area (Å²) in [6, 6.07) is 12.2. The van der Waals surface area contributed by atoms with E-state index >= 15 is 0 Å². The lowest BCUT2D eigenvalue weighted by atomic mass is 10.1. The van der Waals surface area contributed by atoms with E-state index in [1.807, 2.05) is 0 Å². The smallest absolute Gasteiger partial charge is 0.245 e. The van der Waals surface area contributed by atoms with Crippen molar-refractivity contribution >= 4 is 35.3 Å². The van der Waals surface area contributed by atoms with E-state index in [2.05, 4.69) is 10.5 Å². The maximum Gasteiger partial charge on any atom is 0.245 e. The molecule has 0 aliphatic carbocycles. The number of hydrazone groups is 1. The third-order valence-electron chi connectivity index (χ3n) is 4.45. The van der Waals surface area contributed by atoms with Gasteiger partial charge in [0, 0.05) is 29.2 Å². The third kappa shape index (κ3) is 4.43. The number of carbonyl (C=O) groups excluding carboxylic acids is 2. The molecule has 8 heteroatoms. The van der Waals surface area contributed by atoms with Crippen LogP contribution >= 0.6 is 11.6 Å². The number of anilines is 1. The van der Waals surface area contributed by atoms with Crippen molar-refractivity contribution in [3.8, 4) is 11.5 Å². The average molecular weight is 402 g/mol. The predicted molar refractivity (Wildman–Crippen MR) is 107 cm³/mol. The summed E-state index contributed by atoms with van der Waals surface area (Å²) in [7, 11) is 3.11. The molecule has 1 heterocycles. The molecule has 2 aromatic rings. The highest BCUT2D eigenvalue weighted by Gasteiger charge is 2.35. The number of carbonyl (C=O) groups is 2. The lowest BCUT2D eigenvalue weighted by Gasteiger charge is -2.16. The number of halogens is 1. The van der Waals surface area contributed by atoms with Gasteiger partial charge < -0.3 is 14.4 Å². The molecule has 0 saturated carbocycles. The van der Waals surface area contributed by atoms with Gasteiger partial charge in [0.2, 0.25) is 11.8 Å². The minimum atomic E-state index is -0.479. The van der Waals surface area contributed by atoms with Gasteiger partial charge >= 0.3 is 0 Å². The minimum absolute atomic E-state index is 0.110. The molecular weight excluding hydrogens is 382 g/mol. The van der Waals surface area contributed by atoms with Crippen molar-refractivity contribution < 1.29 is 19.1 Å². The van der Waals surface area contributed by atoms with Crippen molar-refractivity contribution in [3.63, 3.8) is 0 Å². The summed E-state index contributed by atoms with van der Waals surface area (Å²) in [5.41, 5.74) is 3.87. The minimum Gasteiger partial charge on any atom is -0.497 e. The van der Waals surface area contributed by atoms with E-state index in [9.17, 15) is 9.59 Å². The number of ether oxygens (including phenoxy) is 2. The zero-order valence-corrected chi connectivity index (χ0v) is 16.3. The van der Waals surface area contributed by atoms with Crippen LogP contribution < -0.4 is 19.8 Å². The molecule has 2 amide bonds. The van der Waals surface area contributed by atoms with Crippen LogP contribution in [-0.4, -0.2) is 38.8 Å². The Morgan fingerprint density at radius 1 is 1.21 bits per heavy atom. The molecule has 1 atom stereocenters. The van der Waals surface area contributed by atoms with Gasteiger partial charge in [-0.2, -0.15) is 5.10 Å². The molecule has 0 radical (unpaired) electrons. The van der Waals surface area contributed by atoms with Crippen molar-refractivity contribution in [2.45, 2.75) is 6.42 Å². The Hall–Kier alpha value is -3.06. The molecule has 0 spiro atoms. The van der Waals surface area contributed by atoms with Crippen LogP contribution in [0.4, 0.5) is 5.69 Å². The first-order chi connectivity index (χ1) is 13.5. The number of hydrogen-bond donors (Lipinski definition) is 1. The van der Waals surface area contributed by atoms with Crippen LogP contribution in [0, 0.1) is 5.92 Å². The summed E-state index contributed by atoms with van der Waals surface area (Å²) in [6.07, 6.45) is 1.61. The van der Waals surface area contributed by atoms with E-state index in [0.717, 1.165) is 0 Å². The lowest BCUT2D eigenvalue weighted by molar-refractivity contribution is -0.126. The Balaban J connectivity index is 1.63. The summed E-state index contributed by atoms with van der Waals surface area (Å²) in [5, 5.41) is 4.59. The zero-order chi connectivity index (χ0) is 20.1. The second kappa shape index (κ2) is 8.75. The van der Waals surface area contributed by atoms with E-state index < -0.39 is 5.92 Å². The monoisotopic (exact) mass is 401 g/mol. The topological polar surface area (TPSA) is 80.2 Å². The second-order valence-corrected chi connectivity index (χ2v) is 6.66. The van der Waals surface area contributed by atoms with E-state index in [1.54, 1.807) is 61.6 Å². The van der Waals surface area contributed by atoms with Gasteiger partial charge in [0.05, 0.1) is 26.4 Å². The molecule has 1 fully saturated rings. The maximum absolute atomic E-state index is 12.4.